The molecule has 0 saturated carbocycles. The Labute approximate surface area is 179 Å². The van der Waals surface area contributed by atoms with E-state index in [1.807, 2.05) is 6.07 Å². The molecule has 0 aliphatic carbocycles. The van der Waals surface area contributed by atoms with Gasteiger partial charge < -0.3 is 15.4 Å². The highest BCUT2D eigenvalue weighted by Crippen LogP contribution is 2.29. The Hall–Kier alpha value is -3.44. The molecule has 0 radical (unpaired) electrons. The summed E-state index contributed by atoms with van der Waals surface area (Å²) in [6.07, 6.45) is 1.86. The minimum atomic E-state index is -0.446. The van der Waals surface area contributed by atoms with Gasteiger partial charge in [0.05, 0.1) is 18.2 Å². The molecule has 3 aromatic rings. The highest BCUT2D eigenvalue weighted by molar-refractivity contribution is 5.95. The number of nitriles is 1. The van der Waals surface area contributed by atoms with Crippen molar-refractivity contribution in [2.24, 2.45) is 5.92 Å². The Balaban J connectivity index is 1.48. The Morgan fingerprint density at radius 2 is 2.13 bits per heavy atom. The number of rotatable bonds is 7. The zero-order valence-electron chi connectivity index (χ0n) is 17.3. The van der Waals surface area contributed by atoms with Crippen LogP contribution >= 0.6 is 0 Å². The van der Waals surface area contributed by atoms with Crippen LogP contribution in [0.4, 0.5) is 10.1 Å². The summed E-state index contributed by atoms with van der Waals surface area (Å²) < 4.78 is 20.5. The number of nitrogens with one attached hydrogen (secondary N) is 2. The first-order chi connectivity index (χ1) is 15.1. The number of ether oxygens (including phenoxy) is 1. The molecular weight excluding hydrogens is 397 g/mol. The van der Waals surface area contributed by atoms with E-state index in [0.717, 1.165) is 24.9 Å². The molecule has 2 heterocycles. The predicted octanol–water partition coefficient (Wildman–Crippen LogP) is 4.00. The van der Waals surface area contributed by atoms with Gasteiger partial charge >= 0.3 is 0 Å². The Kier molecular flexibility index (Phi) is 6.14. The van der Waals surface area contributed by atoms with E-state index in [2.05, 4.69) is 21.8 Å². The predicted molar refractivity (Wildman–Crippen MR) is 116 cm³/mol. The van der Waals surface area contributed by atoms with Crippen molar-refractivity contribution in [2.75, 3.05) is 18.5 Å². The van der Waals surface area contributed by atoms with Crippen molar-refractivity contribution >= 4 is 22.5 Å². The summed E-state index contributed by atoms with van der Waals surface area (Å²) in [5.41, 5.74) is 1.75. The molecule has 2 N–H and O–H groups in total. The first-order valence-electron chi connectivity index (χ1n) is 10.4. The molecule has 2 aromatic carbocycles. The number of amides is 1. The molecule has 1 aliphatic rings. The van der Waals surface area contributed by atoms with Crippen molar-refractivity contribution in [3.63, 3.8) is 0 Å². The number of anilines is 1. The lowest BCUT2D eigenvalue weighted by Gasteiger charge is -2.12. The molecule has 1 aromatic heterocycles. The van der Waals surface area contributed by atoms with Gasteiger partial charge in [0, 0.05) is 23.5 Å². The van der Waals surface area contributed by atoms with E-state index >= 15 is 0 Å². The summed E-state index contributed by atoms with van der Waals surface area (Å²) in [6, 6.07) is 14.5. The number of carbonyl (C=O) groups excluding carboxylic acids is 1. The topological polar surface area (TPSA) is 92.0 Å². The van der Waals surface area contributed by atoms with Gasteiger partial charge in [-0.1, -0.05) is 6.92 Å². The molecular formula is C23H24FN5O2. The van der Waals surface area contributed by atoms with Gasteiger partial charge in [-0.3, -0.25) is 13.9 Å². The van der Waals surface area contributed by atoms with Crippen molar-refractivity contribution in [3.05, 3.63) is 48.2 Å². The smallest absolute Gasteiger partial charge is 0.241 e. The second kappa shape index (κ2) is 9.14. The van der Waals surface area contributed by atoms with Crippen LogP contribution in [0.3, 0.4) is 0 Å². The maximum absolute atomic E-state index is 12.9. The molecule has 7 nitrogen and oxygen atoms in total. The first-order valence-corrected chi connectivity index (χ1v) is 10.4. The highest BCUT2D eigenvalue weighted by Gasteiger charge is 2.21. The van der Waals surface area contributed by atoms with Crippen LogP contribution in [0, 0.1) is 17.2 Å². The number of halogens is 1. The van der Waals surface area contributed by atoms with E-state index in [1.54, 1.807) is 48.0 Å². The average Bonchev–Trinajstić information content (AvgIpc) is 3.43. The zero-order valence-corrected chi connectivity index (χ0v) is 17.3. The first kappa shape index (κ1) is 20.8. The van der Waals surface area contributed by atoms with Gasteiger partial charge in [-0.2, -0.15) is 10.4 Å². The number of aromatic nitrogens is 2. The molecule has 31 heavy (non-hydrogen) atoms. The summed E-state index contributed by atoms with van der Waals surface area (Å²) in [6.45, 7) is 2.63. The van der Waals surface area contributed by atoms with Crippen LogP contribution in [0.2, 0.25) is 0 Å². The van der Waals surface area contributed by atoms with Crippen LogP contribution in [-0.4, -0.2) is 34.9 Å². The van der Waals surface area contributed by atoms with Gasteiger partial charge in [0.2, 0.25) is 5.91 Å². The number of hydrogen-bond acceptors (Lipinski definition) is 5. The molecule has 1 amide bonds. The average molecular weight is 421 g/mol. The number of fused-ring (bicyclic) bond motifs is 1. The summed E-state index contributed by atoms with van der Waals surface area (Å²) in [7, 11) is 0. The van der Waals surface area contributed by atoms with Gasteiger partial charge in [0.1, 0.15) is 17.6 Å². The van der Waals surface area contributed by atoms with Gasteiger partial charge in [0.25, 0.3) is 0 Å². The highest BCUT2D eigenvalue weighted by atomic mass is 19.1. The van der Waals surface area contributed by atoms with Crippen molar-refractivity contribution < 1.29 is 13.9 Å². The maximum atomic E-state index is 12.9. The maximum Gasteiger partial charge on any atom is 0.241 e. The number of hydrogen-bond donors (Lipinski definition) is 2. The molecule has 160 valence electrons. The third-order valence-electron chi connectivity index (χ3n) is 5.31. The second-order valence-electron chi connectivity index (χ2n) is 7.85. The number of carbonyl (C=O) groups is 1. The van der Waals surface area contributed by atoms with E-state index in [0.29, 0.717) is 29.1 Å². The minimum absolute atomic E-state index is 0.0280. The lowest BCUT2D eigenvalue weighted by Crippen LogP contribution is -2.35. The fourth-order valence-electron chi connectivity index (χ4n) is 3.67. The molecule has 1 saturated heterocycles. The van der Waals surface area contributed by atoms with Crippen molar-refractivity contribution in [2.45, 2.75) is 32.4 Å². The Morgan fingerprint density at radius 3 is 2.81 bits per heavy atom. The van der Waals surface area contributed by atoms with E-state index in [1.165, 1.54) is 0 Å². The quantitative estimate of drug-likeness (QED) is 0.602. The molecule has 1 aliphatic heterocycles. The fraction of sp³-hybridized carbons (Fsp3) is 0.348. The second-order valence-corrected chi connectivity index (χ2v) is 7.85. The van der Waals surface area contributed by atoms with E-state index < -0.39 is 6.67 Å². The van der Waals surface area contributed by atoms with Gasteiger partial charge in [-0.25, -0.2) is 0 Å². The van der Waals surface area contributed by atoms with Crippen molar-refractivity contribution in [3.8, 4) is 17.6 Å². The van der Waals surface area contributed by atoms with Crippen LogP contribution < -0.4 is 15.4 Å². The molecule has 0 bridgehead atoms. The third kappa shape index (κ3) is 4.67. The van der Waals surface area contributed by atoms with Crippen LogP contribution in [0.15, 0.2) is 42.5 Å². The standard InChI is InChI=1S/C23H24FN5O2/c1-15(12-24)14-29-22-9-8-18(11-19(22)21(13-25)28-29)31-17-6-4-16(5-7-17)27-23(30)20-3-2-10-26-20/h4-9,11,15,20,26H,2-3,10,12,14H2,1H3,(H,27,30)/t15?,20-/m0/s1. The lowest BCUT2D eigenvalue weighted by molar-refractivity contribution is -0.117. The van der Waals surface area contributed by atoms with Crippen molar-refractivity contribution in [1.29, 1.82) is 5.26 Å². The third-order valence-corrected chi connectivity index (χ3v) is 5.31. The molecule has 4 rings (SSSR count). The summed E-state index contributed by atoms with van der Waals surface area (Å²) in [5.74, 6) is 0.955. The summed E-state index contributed by atoms with van der Waals surface area (Å²) in [4.78, 5) is 12.2. The van der Waals surface area contributed by atoms with Crippen molar-refractivity contribution in [1.82, 2.24) is 15.1 Å². The summed E-state index contributed by atoms with van der Waals surface area (Å²) >= 11 is 0. The normalized spacial score (nSPS) is 16.7. The SMILES string of the molecule is CC(CF)Cn1nc(C#N)c2cc(Oc3ccc(NC(=O)[C@@H]4CCCN4)cc3)ccc21. The van der Waals surface area contributed by atoms with Crippen LogP contribution in [0.1, 0.15) is 25.5 Å². The molecule has 1 fully saturated rings. The molecule has 2 atom stereocenters. The minimum Gasteiger partial charge on any atom is -0.457 e. The molecule has 0 spiro atoms. The lowest BCUT2D eigenvalue weighted by atomic mass is 10.2. The van der Waals surface area contributed by atoms with Crippen LogP contribution in [0.25, 0.3) is 10.9 Å². The Bertz CT molecular complexity index is 1110. The van der Waals surface area contributed by atoms with E-state index in [4.69, 9.17) is 4.74 Å². The number of alkyl halides is 1. The monoisotopic (exact) mass is 421 g/mol. The van der Waals surface area contributed by atoms with Gasteiger partial charge in [-0.05, 0) is 61.9 Å². The van der Waals surface area contributed by atoms with Gasteiger partial charge in [-0.15, -0.1) is 0 Å². The number of nitrogens with zero attached hydrogens (tertiary/aromatic N) is 3. The number of benzene rings is 2. The summed E-state index contributed by atoms with van der Waals surface area (Å²) in [5, 5.41) is 20.5. The largest absolute Gasteiger partial charge is 0.457 e. The van der Waals surface area contributed by atoms with E-state index in [9.17, 15) is 14.4 Å². The molecule has 1 unspecified atom stereocenters. The Morgan fingerprint density at radius 1 is 1.35 bits per heavy atom. The van der Waals surface area contributed by atoms with Crippen LogP contribution in [0.5, 0.6) is 11.5 Å². The zero-order chi connectivity index (χ0) is 21.8. The van der Waals surface area contributed by atoms with E-state index in [-0.39, 0.29) is 23.6 Å². The van der Waals surface area contributed by atoms with Crippen LogP contribution in [-0.2, 0) is 11.3 Å². The van der Waals surface area contributed by atoms with Gasteiger partial charge in [0.15, 0.2) is 5.69 Å². The fourth-order valence-corrected chi connectivity index (χ4v) is 3.67. The molecule has 8 heteroatoms.